The first-order chi connectivity index (χ1) is 7.81. The van der Waals surface area contributed by atoms with Crippen LogP contribution in [0.4, 0.5) is 0 Å². The van der Waals surface area contributed by atoms with Crippen LogP contribution in [0, 0.1) is 0 Å². The highest BCUT2D eigenvalue weighted by molar-refractivity contribution is 5.85. The van der Waals surface area contributed by atoms with Crippen LogP contribution < -0.4 is 4.74 Å². The van der Waals surface area contributed by atoms with Gasteiger partial charge in [0.2, 0.25) is 0 Å². The van der Waals surface area contributed by atoms with Crippen molar-refractivity contribution in [2.24, 2.45) is 0 Å². The van der Waals surface area contributed by atoms with Crippen LogP contribution in [-0.4, -0.2) is 18.5 Å². The summed E-state index contributed by atoms with van der Waals surface area (Å²) < 4.78 is 10.4. The summed E-state index contributed by atoms with van der Waals surface area (Å²) in [4.78, 5) is 0. The van der Waals surface area contributed by atoms with Crippen molar-refractivity contribution in [1.29, 1.82) is 0 Å². The van der Waals surface area contributed by atoms with E-state index >= 15 is 0 Å². The van der Waals surface area contributed by atoms with Gasteiger partial charge in [0.25, 0.3) is 0 Å². The zero-order chi connectivity index (χ0) is 11.4. The van der Waals surface area contributed by atoms with E-state index in [4.69, 9.17) is 9.47 Å². The summed E-state index contributed by atoms with van der Waals surface area (Å²) in [6.07, 6.45) is 0. The molecule has 16 heavy (non-hydrogen) atoms. The van der Waals surface area contributed by atoms with Crippen LogP contribution in [0.15, 0.2) is 36.4 Å². The monoisotopic (exact) mass is 218 g/mol. The van der Waals surface area contributed by atoms with Gasteiger partial charge in [0, 0.05) is 6.61 Å². The summed E-state index contributed by atoms with van der Waals surface area (Å²) in [5.41, 5.74) is 0. The Balaban J connectivity index is 2.27. The second-order valence-corrected chi connectivity index (χ2v) is 3.42. The zero-order valence-corrected chi connectivity index (χ0v) is 9.14. The fraction of sp³-hybridized carbons (Fsp3) is 0.231. The van der Waals surface area contributed by atoms with Crippen molar-refractivity contribution < 1.29 is 14.6 Å². The predicted octanol–water partition coefficient (Wildman–Crippen LogP) is 2.92. The van der Waals surface area contributed by atoms with Crippen molar-refractivity contribution in [3.63, 3.8) is 0 Å². The Hall–Kier alpha value is -1.74. The van der Waals surface area contributed by atoms with Crippen molar-refractivity contribution >= 4 is 10.8 Å². The molecule has 84 valence electrons. The smallest absolute Gasteiger partial charge is 0.189 e. The molecule has 0 saturated heterocycles. The molecular weight excluding hydrogens is 204 g/mol. The molecular formula is C13H14O3. The molecule has 0 aliphatic carbocycles. The lowest BCUT2D eigenvalue weighted by Crippen LogP contribution is -2.02. The highest BCUT2D eigenvalue weighted by Crippen LogP contribution is 2.31. The lowest BCUT2D eigenvalue weighted by Gasteiger charge is -2.09. The molecule has 0 amide bonds. The van der Waals surface area contributed by atoms with E-state index in [9.17, 15) is 5.11 Å². The summed E-state index contributed by atoms with van der Waals surface area (Å²) in [6, 6.07) is 11.3. The lowest BCUT2D eigenvalue weighted by molar-refractivity contribution is 0.0210. The van der Waals surface area contributed by atoms with E-state index in [1.165, 1.54) is 0 Å². The topological polar surface area (TPSA) is 38.7 Å². The number of phenolic OH excluding ortho intramolecular Hbond substituents is 1. The number of benzene rings is 2. The van der Waals surface area contributed by atoms with Gasteiger partial charge in [-0.05, 0) is 29.8 Å². The van der Waals surface area contributed by atoms with Gasteiger partial charge in [0.1, 0.15) is 0 Å². The summed E-state index contributed by atoms with van der Waals surface area (Å²) >= 11 is 0. The number of fused-ring (bicyclic) bond motifs is 1. The quantitative estimate of drug-likeness (QED) is 0.633. The molecule has 1 N–H and O–H groups in total. The van der Waals surface area contributed by atoms with E-state index in [2.05, 4.69) is 0 Å². The number of rotatable bonds is 4. The van der Waals surface area contributed by atoms with Crippen LogP contribution in [0.25, 0.3) is 10.8 Å². The molecule has 0 heterocycles. The van der Waals surface area contributed by atoms with Gasteiger partial charge in [-0.1, -0.05) is 24.3 Å². The summed E-state index contributed by atoms with van der Waals surface area (Å²) in [5, 5.41) is 11.8. The maximum Gasteiger partial charge on any atom is 0.189 e. The van der Waals surface area contributed by atoms with Crippen molar-refractivity contribution in [2.75, 3.05) is 13.4 Å². The molecule has 0 atom stereocenters. The molecule has 0 spiro atoms. The normalized spacial score (nSPS) is 10.6. The van der Waals surface area contributed by atoms with Crippen LogP contribution in [0.2, 0.25) is 0 Å². The Morgan fingerprint density at radius 3 is 2.50 bits per heavy atom. The van der Waals surface area contributed by atoms with Crippen LogP contribution >= 0.6 is 0 Å². The third-order valence-corrected chi connectivity index (χ3v) is 2.33. The van der Waals surface area contributed by atoms with Gasteiger partial charge in [-0.15, -0.1) is 0 Å². The Labute approximate surface area is 94.2 Å². The number of aromatic hydroxyl groups is 1. The molecule has 2 rings (SSSR count). The molecule has 0 bridgehead atoms. The number of phenols is 1. The molecule has 0 fully saturated rings. The average molecular weight is 218 g/mol. The average Bonchev–Trinajstić information content (AvgIpc) is 2.30. The maximum absolute atomic E-state index is 9.73. The zero-order valence-electron chi connectivity index (χ0n) is 9.14. The largest absolute Gasteiger partial charge is 0.504 e. The van der Waals surface area contributed by atoms with Crippen molar-refractivity contribution in [3.8, 4) is 11.5 Å². The van der Waals surface area contributed by atoms with Crippen LogP contribution in [0.1, 0.15) is 6.92 Å². The molecule has 0 aliphatic rings. The highest BCUT2D eigenvalue weighted by atomic mass is 16.7. The van der Waals surface area contributed by atoms with Crippen molar-refractivity contribution in [2.45, 2.75) is 6.92 Å². The molecule has 2 aromatic carbocycles. The third-order valence-electron chi connectivity index (χ3n) is 2.33. The van der Waals surface area contributed by atoms with Crippen LogP contribution in [0.3, 0.4) is 0 Å². The second-order valence-electron chi connectivity index (χ2n) is 3.42. The second kappa shape index (κ2) is 4.86. The van der Waals surface area contributed by atoms with Gasteiger partial charge in [-0.2, -0.15) is 0 Å². The Bertz CT molecular complexity index is 480. The standard InChI is InChI=1S/C13H14O3/c1-2-15-9-16-13-8-11-6-4-3-5-10(11)7-12(13)14/h3-8,14H,2,9H2,1H3. The summed E-state index contributed by atoms with van der Waals surface area (Å²) in [6.45, 7) is 2.64. The maximum atomic E-state index is 9.73. The van der Waals surface area contributed by atoms with E-state index in [0.29, 0.717) is 12.4 Å². The highest BCUT2D eigenvalue weighted by Gasteiger charge is 2.04. The van der Waals surface area contributed by atoms with Gasteiger partial charge < -0.3 is 14.6 Å². The SMILES string of the molecule is CCOCOc1cc2ccccc2cc1O. The molecule has 0 radical (unpaired) electrons. The van der Waals surface area contributed by atoms with Gasteiger partial charge in [-0.3, -0.25) is 0 Å². The van der Waals surface area contributed by atoms with Gasteiger partial charge in [0.05, 0.1) is 0 Å². The molecule has 0 aliphatic heterocycles. The Morgan fingerprint density at radius 2 is 1.81 bits per heavy atom. The van der Waals surface area contributed by atoms with Gasteiger partial charge in [-0.25, -0.2) is 0 Å². The van der Waals surface area contributed by atoms with Crippen molar-refractivity contribution in [1.82, 2.24) is 0 Å². The molecule has 3 nitrogen and oxygen atoms in total. The third kappa shape index (κ3) is 2.25. The Morgan fingerprint density at radius 1 is 1.12 bits per heavy atom. The van der Waals surface area contributed by atoms with Crippen LogP contribution in [0.5, 0.6) is 11.5 Å². The molecule has 2 aromatic rings. The minimum absolute atomic E-state index is 0.137. The van der Waals surface area contributed by atoms with E-state index in [-0.39, 0.29) is 12.5 Å². The molecule has 0 unspecified atom stereocenters. The summed E-state index contributed by atoms with van der Waals surface area (Å²) in [7, 11) is 0. The first-order valence-electron chi connectivity index (χ1n) is 5.23. The van der Waals surface area contributed by atoms with Gasteiger partial charge >= 0.3 is 0 Å². The number of hydrogen-bond donors (Lipinski definition) is 1. The first-order valence-corrected chi connectivity index (χ1v) is 5.23. The minimum Gasteiger partial charge on any atom is -0.504 e. The molecule has 0 saturated carbocycles. The summed E-state index contributed by atoms with van der Waals surface area (Å²) in [5.74, 6) is 0.588. The Kier molecular flexibility index (Phi) is 3.27. The van der Waals surface area contributed by atoms with E-state index in [1.54, 1.807) is 6.07 Å². The molecule has 3 heteroatoms. The fourth-order valence-electron chi connectivity index (χ4n) is 1.51. The lowest BCUT2D eigenvalue weighted by atomic mass is 10.1. The van der Waals surface area contributed by atoms with E-state index in [0.717, 1.165) is 10.8 Å². The van der Waals surface area contributed by atoms with Crippen molar-refractivity contribution in [3.05, 3.63) is 36.4 Å². The van der Waals surface area contributed by atoms with Crippen LogP contribution in [-0.2, 0) is 4.74 Å². The minimum atomic E-state index is 0.137. The number of hydrogen-bond acceptors (Lipinski definition) is 3. The fourth-order valence-corrected chi connectivity index (χ4v) is 1.51. The van der Waals surface area contributed by atoms with Gasteiger partial charge in [0.15, 0.2) is 18.3 Å². The predicted molar refractivity (Wildman–Crippen MR) is 62.7 cm³/mol. The first kappa shape index (κ1) is 10.8. The molecule has 0 aromatic heterocycles. The van der Waals surface area contributed by atoms with E-state index in [1.807, 2.05) is 37.3 Å². The number of ether oxygens (including phenoxy) is 2. The van der Waals surface area contributed by atoms with E-state index < -0.39 is 0 Å².